The third-order valence-corrected chi connectivity index (χ3v) is 3.06. The maximum absolute atomic E-state index is 8.91. The van der Waals surface area contributed by atoms with Gasteiger partial charge in [-0.25, -0.2) is 0 Å². The number of rotatable bonds is 2. The van der Waals surface area contributed by atoms with Gasteiger partial charge in [0, 0.05) is 15.7 Å². The molecule has 0 aliphatic carbocycles. The zero-order chi connectivity index (χ0) is 9.14. The molecule has 0 heterocycles. The first kappa shape index (κ1) is 10.3. The molecule has 0 atom stereocenters. The lowest BCUT2D eigenvalue weighted by Crippen LogP contribution is -2.32. The maximum atomic E-state index is 8.91. The first-order valence-electron chi connectivity index (χ1n) is 3.30. The van der Waals surface area contributed by atoms with E-state index in [0.717, 1.165) is 8.59 Å². The molecule has 1 rings (SSSR count). The molecular weight excluding hydrogens is 289 g/mol. The molecule has 0 aliphatic heterocycles. The molecule has 0 aliphatic rings. The second-order valence-corrected chi connectivity index (χ2v) is 4.21. The van der Waals surface area contributed by atoms with Crippen molar-refractivity contribution in [2.24, 2.45) is 0 Å². The fourth-order valence-corrected chi connectivity index (χ4v) is 2.21. The van der Waals surface area contributed by atoms with Crippen LogP contribution in [-0.2, 0) is 0 Å². The molecule has 0 aromatic heterocycles. The number of benzene rings is 1. The van der Waals surface area contributed by atoms with E-state index in [9.17, 15) is 0 Å². The average Bonchev–Trinajstić information content (AvgIpc) is 2.03. The Morgan fingerprint density at radius 2 is 2.08 bits per heavy atom. The predicted molar refractivity (Wildman–Crippen MR) is 54.1 cm³/mol. The van der Waals surface area contributed by atoms with E-state index < -0.39 is 7.12 Å². The summed E-state index contributed by atoms with van der Waals surface area (Å²) in [4.78, 5) is 0. The summed E-state index contributed by atoms with van der Waals surface area (Å²) in [7, 11) is 0.705. The van der Waals surface area contributed by atoms with Crippen molar-refractivity contribution in [1.29, 1.82) is 0 Å². The zero-order valence-corrected chi connectivity index (χ0v) is 9.37. The minimum atomic E-state index is -1.37. The molecule has 0 radical (unpaired) electrons. The van der Waals surface area contributed by atoms with Gasteiger partial charge in [0.15, 0.2) is 17.2 Å². The van der Waals surface area contributed by atoms with Gasteiger partial charge < -0.3 is 10.0 Å². The Morgan fingerprint density at radius 1 is 1.42 bits per heavy atom. The van der Waals surface area contributed by atoms with Crippen LogP contribution in [0.5, 0.6) is 0 Å². The molecular formula is C7H8BClIO2+. The van der Waals surface area contributed by atoms with Crippen molar-refractivity contribution < 1.29 is 20.8 Å². The highest BCUT2D eigenvalue weighted by atomic mass is 127. The largest absolute Gasteiger partial charge is 0.489 e. The van der Waals surface area contributed by atoms with Crippen LogP contribution in [0.25, 0.3) is 0 Å². The highest BCUT2D eigenvalue weighted by Gasteiger charge is 2.16. The Bertz CT molecular complexity index is 280. The molecule has 0 saturated carbocycles. The number of halogens is 2. The third kappa shape index (κ3) is 2.35. The molecule has 1 aromatic rings. The van der Waals surface area contributed by atoms with Crippen LogP contribution in [0.4, 0.5) is 0 Å². The fourth-order valence-electron chi connectivity index (χ4n) is 0.828. The monoisotopic (exact) mass is 297 g/mol. The standard InChI is InChI=1S/C7H8BClIO2/c1-9-5-2-3-6(8(11)12)7(10)4-5/h2-4,11-12H,1H3/q+1. The SMILES string of the molecule is C[Cl+]c1ccc(B(O)O)c(I)c1. The van der Waals surface area contributed by atoms with E-state index in [-0.39, 0.29) is 0 Å². The van der Waals surface area contributed by atoms with E-state index in [1.807, 2.05) is 18.5 Å². The lowest BCUT2D eigenvalue weighted by atomic mass is 9.80. The van der Waals surface area contributed by atoms with Gasteiger partial charge in [-0.3, -0.25) is 0 Å². The fraction of sp³-hybridized carbons (Fsp3) is 0.143. The van der Waals surface area contributed by atoms with Crippen LogP contribution in [0, 0.1) is 14.4 Å². The second-order valence-electron chi connectivity index (χ2n) is 2.23. The van der Waals surface area contributed by atoms with Crippen molar-refractivity contribution in [2.45, 2.75) is 0 Å². The average molecular weight is 297 g/mol. The normalized spacial score (nSPS) is 10.0. The second kappa shape index (κ2) is 4.46. The first-order valence-corrected chi connectivity index (χ1v) is 5.51. The third-order valence-electron chi connectivity index (χ3n) is 1.46. The molecule has 12 heavy (non-hydrogen) atoms. The Kier molecular flexibility index (Phi) is 3.83. The molecule has 64 valence electrons. The Balaban J connectivity index is 3.03. The number of hydrogen-bond donors (Lipinski definition) is 2. The van der Waals surface area contributed by atoms with Crippen molar-refractivity contribution in [3.63, 3.8) is 0 Å². The summed E-state index contributed by atoms with van der Waals surface area (Å²) < 4.78 is 0.870. The van der Waals surface area contributed by atoms with Crippen LogP contribution < -0.4 is 5.46 Å². The van der Waals surface area contributed by atoms with Crippen LogP contribution in [0.2, 0.25) is 5.02 Å². The number of alkyl halides is 1. The zero-order valence-electron chi connectivity index (χ0n) is 6.46. The Morgan fingerprint density at radius 3 is 2.50 bits per heavy atom. The van der Waals surface area contributed by atoms with Crippen molar-refractivity contribution in [1.82, 2.24) is 0 Å². The predicted octanol–water partition coefficient (Wildman–Crippen LogP) is 0.100. The summed E-state index contributed by atoms with van der Waals surface area (Å²) in [6.45, 7) is 0. The molecule has 2 N–H and O–H groups in total. The Hall–Kier alpha value is 0.225. The van der Waals surface area contributed by atoms with E-state index in [2.05, 4.69) is 33.4 Å². The maximum Gasteiger partial charge on any atom is 0.489 e. The van der Waals surface area contributed by atoms with Crippen LogP contribution in [0.1, 0.15) is 0 Å². The van der Waals surface area contributed by atoms with Crippen LogP contribution >= 0.6 is 22.6 Å². The van der Waals surface area contributed by atoms with Gasteiger partial charge in [0.25, 0.3) is 0 Å². The van der Waals surface area contributed by atoms with Crippen LogP contribution in [0.3, 0.4) is 0 Å². The van der Waals surface area contributed by atoms with Gasteiger partial charge in [-0.2, -0.15) is 0 Å². The lowest BCUT2D eigenvalue weighted by molar-refractivity contribution is -0.566. The summed E-state index contributed by atoms with van der Waals surface area (Å²) in [6, 6.07) is 5.48. The minimum absolute atomic E-state index is 0.554. The summed E-state index contributed by atoms with van der Waals surface area (Å²) in [6.07, 6.45) is 1.93. The summed E-state index contributed by atoms with van der Waals surface area (Å²) in [5.41, 5.74) is 0.554. The molecule has 2 nitrogen and oxygen atoms in total. The van der Waals surface area contributed by atoms with Gasteiger partial charge in [-0.05, 0) is 28.1 Å². The van der Waals surface area contributed by atoms with E-state index >= 15 is 0 Å². The smallest absolute Gasteiger partial charge is 0.423 e. The number of hydrogen-bond acceptors (Lipinski definition) is 2. The quantitative estimate of drug-likeness (QED) is 0.462. The van der Waals surface area contributed by atoms with Gasteiger partial charge in [-0.1, -0.05) is 6.07 Å². The molecule has 0 amide bonds. The van der Waals surface area contributed by atoms with E-state index in [1.54, 1.807) is 6.07 Å². The van der Waals surface area contributed by atoms with E-state index in [4.69, 9.17) is 10.0 Å². The van der Waals surface area contributed by atoms with Crippen molar-refractivity contribution >= 4 is 35.2 Å². The molecule has 0 saturated heterocycles. The topological polar surface area (TPSA) is 40.5 Å². The highest BCUT2D eigenvalue weighted by molar-refractivity contribution is 14.1. The summed E-state index contributed by atoms with van der Waals surface area (Å²) in [5, 5.41) is 18.9. The van der Waals surface area contributed by atoms with Gasteiger partial charge in [0.1, 0.15) is 0 Å². The molecule has 0 bridgehead atoms. The van der Waals surface area contributed by atoms with Gasteiger partial charge >= 0.3 is 7.12 Å². The van der Waals surface area contributed by atoms with Crippen molar-refractivity contribution in [2.75, 3.05) is 6.38 Å². The van der Waals surface area contributed by atoms with Gasteiger partial charge in [0.05, 0.1) is 0 Å². The van der Waals surface area contributed by atoms with Gasteiger partial charge in [-0.15, -0.1) is 0 Å². The molecule has 5 heteroatoms. The Labute approximate surface area is 89.0 Å². The highest BCUT2D eigenvalue weighted by Crippen LogP contribution is 2.08. The molecule has 1 aromatic carbocycles. The van der Waals surface area contributed by atoms with E-state index in [1.165, 1.54) is 0 Å². The minimum Gasteiger partial charge on any atom is -0.423 e. The molecule has 0 spiro atoms. The van der Waals surface area contributed by atoms with Gasteiger partial charge in [0.2, 0.25) is 5.02 Å². The molecule has 0 fully saturated rings. The van der Waals surface area contributed by atoms with Crippen molar-refractivity contribution in [3.05, 3.63) is 26.8 Å². The van der Waals surface area contributed by atoms with Crippen molar-refractivity contribution in [3.8, 4) is 0 Å². The summed E-state index contributed by atoms with van der Waals surface area (Å²) in [5.74, 6) is 0. The lowest BCUT2D eigenvalue weighted by Gasteiger charge is -2.00. The van der Waals surface area contributed by atoms with E-state index in [0.29, 0.717) is 5.46 Å². The summed E-state index contributed by atoms with van der Waals surface area (Å²) >= 11 is 2.08. The van der Waals surface area contributed by atoms with Crippen LogP contribution in [0.15, 0.2) is 18.2 Å². The van der Waals surface area contributed by atoms with Crippen LogP contribution in [-0.4, -0.2) is 23.5 Å². The first-order chi connectivity index (χ1) is 5.65. The molecule has 0 unspecified atom stereocenters.